The maximum absolute atomic E-state index is 12.7. The van der Waals surface area contributed by atoms with E-state index in [1.54, 1.807) is 0 Å². The molecular formula is C27H37N3O2. The summed E-state index contributed by atoms with van der Waals surface area (Å²) in [7, 11) is 0. The van der Waals surface area contributed by atoms with Crippen LogP contribution in [-0.2, 0) is 4.79 Å². The third-order valence-electron chi connectivity index (χ3n) is 5.92. The van der Waals surface area contributed by atoms with Gasteiger partial charge < -0.3 is 15.1 Å². The molecule has 5 heteroatoms. The van der Waals surface area contributed by atoms with E-state index in [9.17, 15) is 9.59 Å². The van der Waals surface area contributed by atoms with Crippen molar-refractivity contribution in [3.63, 3.8) is 0 Å². The van der Waals surface area contributed by atoms with Gasteiger partial charge in [-0.25, -0.2) is 0 Å². The Balaban J connectivity index is 1.49. The zero-order valence-electron chi connectivity index (χ0n) is 20.1. The minimum atomic E-state index is -0.106. The molecule has 0 unspecified atom stereocenters. The molecule has 1 saturated heterocycles. The van der Waals surface area contributed by atoms with Gasteiger partial charge in [0.2, 0.25) is 5.91 Å². The Hall–Kier alpha value is -2.82. The predicted molar refractivity (Wildman–Crippen MR) is 132 cm³/mol. The molecule has 0 aromatic heterocycles. The van der Waals surface area contributed by atoms with Crippen LogP contribution in [0.2, 0.25) is 0 Å². The molecule has 2 aromatic rings. The molecule has 1 aliphatic heterocycles. The van der Waals surface area contributed by atoms with E-state index >= 15 is 0 Å². The molecule has 2 aromatic carbocycles. The number of hydrogen-bond acceptors (Lipinski definition) is 3. The molecule has 0 bridgehead atoms. The fourth-order valence-electron chi connectivity index (χ4n) is 4.42. The first-order valence-electron chi connectivity index (χ1n) is 11.6. The van der Waals surface area contributed by atoms with Crippen molar-refractivity contribution in [1.82, 2.24) is 4.90 Å². The van der Waals surface area contributed by atoms with Crippen LogP contribution in [-0.4, -0.2) is 42.9 Å². The van der Waals surface area contributed by atoms with Crippen molar-refractivity contribution in [3.05, 3.63) is 59.7 Å². The van der Waals surface area contributed by atoms with E-state index in [0.29, 0.717) is 17.9 Å². The van der Waals surface area contributed by atoms with E-state index in [1.807, 2.05) is 60.4 Å². The minimum Gasteiger partial charge on any atom is -0.368 e. The topological polar surface area (TPSA) is 52.7 Å². The quantitative estimate of drug-likeness (QED) is 0.665. The van der Waals surface area contributed by atoms with Gasteiger partial charge in [0.25, 0.3) is 5.91 Å². The van der Waals surface area contributed by atoms with Crippen LogP contribution in [0.25, 0.3) is 0 Å². The van der Waals surface area contributed by atoms with Crippen molar-refractivity contribution < 1.29 is 9.59 Å². The van der Waals surface area contributed by atoms with E-state index in [4.69, 9.17) is 0 Å². The molecule has 0 radical (unpaired) electrons. The Morgan fingerprint density at radius 2 is 1.53 bits per heavy atom. The first kappa shape index (κ1) is 23.8. The maximum Gasteiger partial charge on any atom is 0.255 e. The fraction of sp³-hybridized carbons (Fsp3) is 0.481. The summed E-state index contributed by atoms with van der Waals surface area (Å²) in [5, 5.41) is 2.95. The molecule has 1 atom stereocenters. The van der Waals surface area contributed by atoms with Crippen LogP contribution in [0.15, 0.2) is 48.5 Å². The van der Waals surface area contributed by atoms with E-state index < -0.39 is 0 Å². The molecule has 5 nitrogen and oxygen atoms in total. The first-order chi connectivity index (χ1) is 15.1. The van der Waals surface area contributed by atoms with Gasteiger partial charge in [0.1, 0.15) is 0 Å². The number of carbonyl (C=O) groups is 2. The number of anilines is 2. The van der Waals surface area contributed by atoms with E-state index in [2.05, 4.69) is 37.9 Å². The number of nitrogens with one attached hydrogen (secondary N) is 1. The summed E-state index contributed by atoms with van der Waals surface area (Å²) in [6.45, 7) is 14.0. The minimum absolute atomic E-state index is 0.106. The smallest absolute Gasteiger partial charge is 0.255 e. The largest absolute Gasteiger partial charge is 0.368 e. The molecule has 2 amide bonds. The number of nitrogens with zero attached hydrogens (tertiary/aromatic N) is 2. The van der Waals surface area contributed by atoms with Crippen LogP contribution < -0.4 is 10.2 Å². The molecule has 0 saturated carbocycles. The summed E-state index contributed by atoms with van der Waals surface area (Å²) in [4.78, 5) is 29.4. The molecule has 172 valence electrons. The van der Waals surface area contributed by atoms with Gasteiger partial charge >= 0.3 is 0 Å². The van der Waals surface area contributed by atoms with Crippen LogP contribution in [0, 0.1) is 18.3 Å². The maximum atomic E-state index is 12.7. The molecule has 3 rings (SSSR count). The number of hydrogen-bond donors (Lipinski definition) is 1. The molecular weight excluding hydrogens is 398 g/mol. The van der Waals surface area contributed by atoms with Crippen molar-refractivity contribution >= 4 is 23.2 Å². The highest BCUT2D eigenvalue weighted by Crippen LogP contribution is 2.27. The second kappa shape index (κ2) is 10.2. The summed E-state index contributed by atoms with van der Waals surface area (Å²) in [5.41, 5.74) is 3.93. The molecule has 0 aliphatic carbocycles. The third-order valence-corrected chi connectivity index (χ3v) is 5.92. The van der Waals surface area contributed by atoms with Gasteiger partial charge in [0, 0.05) is 49.5 Å². The van der Waals surface area contributed by atoms with Crippen molar-refractivity contribution in [3.8, 4) is 0 Å². The van der Waals surface area contributed by atoms with E-state index in [1.165, 1.54) is 0 Å². The average Bonchev–Trinajstić information content (AvgIpc) is 2.73. The molecule has 1 heterocycles. The second-order valence-corrected chi connectivity index (χ2v) is 10.3. The zero-order valence-corrected chi connectivity index (χ0v) is 20.1. The zero-order chi connectivity index (χ0) is 23.3. The number of carbonyl (C=O) groups excluding carboxylic acids is 2. The number of rotatable bonds is 6. The van der Waals surface area contributed by atoms with Crippen molar-refractivity contribution in [2.45, 2.75) is 47.5 Å². The lowest BCUT2D eigenvalue weighted by atomic mass is 9.84. The Labute approximate surface area is 192 Å². The van der Waals surface area contributed by atoms with Crippen molar-refractivity contribution in [2.75, 3.05) is 36.4 Å². The molecule has 1 N–H and O–H groups in total. The number of benzene rings is 2. The lowest BCUT2D eigenvalue weighted by molar-refractivity contribution is -0.132. The van der Waals surface area contributed by atoms with Crippen LogP contribution in [0.1, 0.15) is 56.5 Å². The lowest BCUT2D eigenvalue weighted by Gasteiger charge is -2.37. The summed E-state index contributed by atoms with van der Waals surface area (Å²) < 4.78 is 0. The predicted octanol–water partition coefficient (Wildman–Crippen LogP) is 5.36. The Morgan fingerprint density at radius 3 is 2.09 bits per heavy atom. The Morgan fingerprint density at radius 1 is 0.938 bits per heavy atom. The monoisotopic (exact) mass is 435 g/mol. The summed E-state index contributed by atoms with van der Waals surface area (Å²) >= 11 is 0. The summed E-state index contributed by atoms with van der Waals surface area (Å²) in [6.07, 6.45) is 1.69. The van der Waals surface area contributed by atoms with Crippen LogP contribution in [0.3, 0.4) is 0 Å². The van der Waals surface area contributed by atoms with Crippen LogP contribution in [0.5, 0.6) is 0 Å². The summed E-state index contributed by atoms with van der Waals surface area (Å²) in [5.74, 6) is 0.573. The highest BCUT2D eigenvalue weighted by atomic mass is 16.2. The number of amides is 2. The van der Waals surface area contributed by atoms with Gasteiger partial charge in [-0.15, -0.1) is 0 Å². The van der Waals surface area contributed by atoms with E-state index in [0.717, 1.165) is 49.5 Å². The lowest BCUT2D eigenvalue weighted by Crippen LogP contribution is -2.49. The average molecular weight is 436 g/mol. The van der Waals surface area contributed by atoms with Crippen LogP contribution >= 0.6 is 0 Å². The standard InChI is InChI=1S/C27H37N3O2/c1-20-6-8-22(9-7-20)26(32)28-23-10-12-24(13-11-23)29-14-16-30(17-15-29)25(31)18-21(2)19-27(3,4)5/h6-13,21H,14-19H2,1-5H3,(H,28,32)/t21-/m0/s1. The molecule has 1 aliphatic rings. The SMILES string of the molecule is Cc1ccc(C(=O)Nc2ccc(N3CCN(C(=O)C[C@H](C)CC(C)(C)C)CC3)cc2)cc1. The number of piperazine rings is 1. The third kappa shape index (κ3) is 6.84. The second-order valence-electron chi connectivity index (χ2n) is 10.3. The van der Waals surface area contributed by atoms with Gasteiger partial charge in [-0.05, 0) is 61.1 Å². The van der Waals surface area contributed by atoms with Crippen molar-refractivity contribution in [1.29, 1.82) is 0 Å². The molecule has 32 heavy (non-hydrogen) atoms. The van der Waals surface area contributed by atoms with Crippen LogP contribution in [0.4, 0.5) is 11.4 Å². The Bertz CT molecular complexity index is 905. The van der Waals surface area contributed by atoms with Gasteiger partial charge in [-0.2, -0.15) is 0 Å². The summed E-state index contributed by atoms with van der Waals surface area (Å²) in [6, 6.07) is 15.5. The van der Waals surface area contributed by atoms with Gasteiger partial charge in [0.15, 0.2) is 0 Å². The molecule has 1 fully saturated rings. The van der Waals surface area contributed by atoms with E-state index in [-0.39, 0.29) is 17.2 Å². The molecule has 0 spiro atoms. The number of aryl methyl sites for hydroxylation is 1. The highest BCUT2D eigenvalue weighted by molar-refractivity contribution is 6.04. The van der Waals surface area contributed by atoms with Gasteiger partial charge in [-0.1, -0.05) is 45.4 Å². The normalized spacial score (nSPS) is 15.4. The van der Waals surface area contributed by atoms with Crippen molar-refractivity contribution in [2.24, 2.45) is 11.3 Å². The Kier molecular flexibility index (Phi) is 7.60. The highest BCUT2D eigenvalue weighted by Gasteiger charge is 2.24. The van der Waals surface area contributed by atoms with Gasteiger partial charge in [-0.3, -0.25) is 9.59 Å². The van der Waals surface area contributed by atoms with Gasteiger partial charge in [0.05, 0.1) is 0 Å². The first-order valence-corrected chi connectivity index (χ1v) is 11.6. The fourth-order valence-corrected chi connectivity index (χ4v) is 4.42.